The Kier molecular flexibility index (Phi) is 5.26. The number of nitrogens with one attached hydrogen (secondary N) is 1. The maximum atomic E-state index is 11.8. The molecule has 1 amide bonds. The Bertz CT molecular complexity index is 650. The van der Waals surface area contributed by atoms with Crippen molar-refractivity contribution in [2.45, 2.75) is 26.3 Å². The second-order valence-corrected chi connectivity index (χ2v) is 4.94. The van der Waals surface area contributed by atoms with Crippen LogP contribution in [0.15, 0.2) is 47.5 Å². The van der Waals surface area contributed by atoms with E-state index in [1.54, 1.807) is 6.92 Å². The van der Waals surface area contributed by atoms with Gasteiger partial charge >= 0.3 is 0 Å². The van der Waals surface area contributed by atoms with Crippen LogP contribution in [-0.4, -0.2) is 22.0 Å². The van der Waals surface area contributed by atoms with E-state index in [9.17, 15) is 9.59 Å². The molecule has 0 unspecified atom stereocenters. The van der Waals surface area contributed by atoms with Crippen LogP contribution in [-0.2, 0) is 17.8 Å². The van der Waals surface area contributed by atoms with Crippen LogP contribution in [0.5, 0.6) is 0 Å². The van der Waals surface area contributed by atoms with Crippen molar-refractivity contribution in [3.8, 4) is 0 Å². The summed E-state index contributed by atoms with van der Waals surface area (Å²) in [7, 11) is 0. The third-order valence-corrected chi connectivity index (χ3v) is 3.14. The van der Waals surface area contributed by atoms with Crippen molar-refractivity contribution in [2.24, 2.45) is 0 Å². The Morgan fingerprint density at radius 2 is 2.05 bits per heavy atom. The van der Waals surface area contributed by atoms with Gasteiger partial charge in [-0.05, 0) is 25.3 Å². The molecule has 0 saturated carbocycles. The van der Waals surface area contributed by atoms with E-state index in [0.717, 1.165) is 12.8 Å². The summed E-state index contributed by atoms with van der Waals surface area (Å²) in [5.41, 5.74) is 1.70. The maximum Gasteiger partial charge on any atom is 0.253 e. The van der Waals surface area contributed by atoms with E-state index in [4.69, 9.17) is 0 Å². The number of aromatic nitrogens is 2. The van der Waals surface area contributed by atoms with E-state index in [-0.39, 0.29) is 18.0 Å². The molecule has 21 heavy (non-hydrogen) atoms. The van der Waals surface area contributed by atoms with Gasteiger partial charge in [-0.25, -0.2) is 4.98 Å². The fourth-order valence-corrected chi connectivity index (χ4v) is 2.01. The van der Waals surface area contributed by atoms with Gasteiger partial charge in [0.25, 0.3) is 5.56 Å². The lowest BCUT2D eigenvalue weighted by atomic mass is 10.1. The van der Waals surface area contributed by atoms with Gasteiger partial charge in [-0.2, -0.15) is 0 Å². The molecule has 1 aromatic carbocycles. The molecule has 1 heterocycles. The molecule has 1 N–H and O–H groups in total. The minimum absolute atomic E-state index is 0.0114. The molecule has 2 rings (SSSR count). The number of aryl methyl sites for hydroxylation is 2. The SMILES string of the molecule is Cc1cc(=O)n(CC(=O)NCCCc2ccccc2)cn1. The van der Waals surface area contributed by atoms with Crippen molar-refractivity contribution < 1.29 is 4.79 Å². The Morgan fingerprint density at radius 3 is 2.76 bits per heavy atom. The van der Waals surface area contributed by atoms with Crippen molar-refractivity contribution >= 4 is 5.91 Å². The lowest BCUT2D eigenvalue weighted by Gasteiger charge is -2.07. The molecule has 0 aliphatic rings. The molecule has 0 aliphatic heterocycles. The van der Waals surface area contributed by atoms with Crippen molar-refractivity contribution in [2.75, 3.05) is 6.54 Å². The minimum atomic E-state index is -0.207. The molecule has 0 aliphatic carbocycles. The number of amides is 1. The van der Waals surface area contributed by atoms with E-state index in [1.807, 2.05) is 18.2 Å². The molecule has 110 valence electrons. The summed E-state index contributed by atoms with van der Waals surface area (Å²) in [5, 5.41) is 2.82. The number of hydrogen-bond acceptors (Lipinski definition) is 3. The second kappa shape index (κ2) is 7.38. The molecular weight excluding hydrogens is 266 g/mol. The van der Waals surface area contributed by atoms with Gasteiger partial charge in [0.15, 0.2) is 0 Å². The van der Waals surface area contributed by atoms with Gasteiger partial charge < -0.3 is 5.32 Å². The topological polar surface area (TPSA) is 64.0 Å². The summed E-state index contributed by atoms with van der Waals surface area (Å²) in [4.78, 5) is 27.4. The van der Waals surface area contributed by atoms with Gasteiger partial charge in [0, 0.05) is 18.3 Å². The molecule has 0 atom stereocenters. The molecule has 0 fully saturated rings. The predicted molar refractivity (Wildman–Crippen MR) is 81.0 cm³/mol. The Hall–Kier alpha value is -2.43. The van der Waals surface area contributed by atoms with E-state index in [2.05, 4.69) is 22.4 Å². The zero-order valence-electron chi connectivity index (χ0n) is 12.1. The third kappa shape index (κ3) is 4.87. The Labute approximate surface area is 123 Å². The summed E-state index contributed by atoms with van der Waals surface area (Å²) < 4.78 is 1.31. The third-order valence-electron chi connectivity index (χ3n) is 3.14. The standard InChI is InChI=1S/C16H19N3O2/c1-13-10-16(21)19(12-18-13)11-15(20)17-9-5-8-14-6-3-2-4-7-14/h2-4,6-7,10,12H,5,8-9,11H2,1H3,(H,17,20). The van der Waals surface area contributed by atoms with Crippen molar-refractivity contribution in [1.82, 2.24) is 14.9 Å². The molecule has 0 saturated heterocycles. The van der Waals surface area contributed by atoms with Gasteiger partial charge in [0.1, 0.15) is 6.54 Å². The van der Waals surface area contributed by atoms with Crippen molar-refractivity contribution in [3.05, 3.63) is 64.3 Å². The number of carbonyl (C=O) groups excluding carboxylic acids is 1. The van der Waals surface area contributed by atoms with Crippen LogP contribution in [0.2, 0.25) is 0 Å². The van der Waals surface area contributed by atoms with Crippen LogP contribution >= 0.6 is 0 Å². The average molecular weight is 285 g/mol. The van der Waals surface area contributed by atoms with Crippen LogP contribution in [0.4, 0.5) is 0 Å². The second-order valence-electron chi connectivity index (χ2n) is 4.94. The highest BCUT2D eigenvalue weighted by Gasteiger charge is 2.04. The molecule has 2 aromatic rings. The number of nitrogens with zero attached hydrogens (tertiary/aromatic N) is 2. The molecule has 5 heteroatoms. The van der Waals surface area contributed by atoms with Gasteiger partial charge in [0.05, 0.1) is 6.33 Å². The van der Waals surface area contributed by atoms with Gasteiger partial charge in [-0.3, -0.25) is 14.2 Å². The highest BCUT2D eigenvalue weighted by atomic mass is 16.2. The smallest absolute Gasteiger partial charge is 0.253 e. The van der Waals surface area contributed by atoms with Crippen LogP contribution in [0.25, 0.3) is 0 Å². The van der Waals surface area contributed by atoms with Crippen molar-refractivity contribution in [1.29, 1.82) is 0 Å². The first-order valence-corrected chi connectivity index (χ1v) is 6.99. The first-order chi connectivity index (χ1) is 10.1. The molecular formula is C16H19N3O2. The quantitative estimate of drug-likeness (QED) is 0.814. The average Bonchev–Trinajstić information content (AvgIpc) is 2.48. The Morgan fingerprint density at radius 1 is 1.29 bits per heavy atom. The molecule has 0 spiro atoms. The summed E-state index contributed by atoms with van der Waals surface area (Å²) in [6.45, 7) is 2.36. The minimum Gasteiger partial charge on any atom is -0.355 e. The van der Waals surface area contributed by atoms with Gasteiger partial charge in [-0.15, -0.1) is 0 Å². The molecule has 0 bridgehead atoms. The Balaban J connectivity index is 1.74. The monoisotopic (exact) mass is 285 g/mol. The summed E-state index contributed by atoms with van der Waals surface area (Å²) in [5.74, 6) is -0.171. The summed E-state index contributed by atoms with van der Waals surface area (Å²) >= 11 is 0. The highest BCUT2D eigenvalue weighted by molar-refractivity contribution is 5.75. The van der Waals surface area contributed by atoms with Crippen LogP contribution in [0, 0.1) is 6.92 Å². The first-order valence-electron chi connectivity index (χ1n) is 6.99. The number of benzene rings is 1. The number of hydrogen-bond donors (Lipinski definition) is 1. The number of carbonyl (C=O) groups is 1. The lowest BCUT2D eigenvalue weighted by Crippen LogP contribution is -2.33. The van der Waals surface area contributed by atoms with Crippen LogP contribution < -0.4 is 10.9 Å². The van der Waals surface area contributed by atoms with Gasteiger partial charge in [-0.1, -0.05) is 30.3 Å². The summed E-state index contributed by atoms with van der Waals surface area (Å²) in [6.07, 6.45) is 3.20. The van der Waals surface area contributed by atoms with E-state index < -0.39 is 0 Å². The van der Waals surface area contributed by atoms with Gasteiger partial charge in [0.2, 0.25) is 5.91 Å². The largest absolute Gasteiger partial charge is 0.355 e. The lowest BCUT2D eigenvalue weighted by molar-refractivity contribution is -0.121. The van der Waals surface area contributed by atoms with Crippen molar-refractivity contribution in [3.63, 3.8) is 0 Å². The fourth-order valence-electron chi connectivity index (χ4n) is 2.01. The van der Waals surface area contributed by atoms with E-state index in [1.165, 1.54) is 22.5 Å². The van der Waals surface area contributed by atoms with Crippen LogP contribution in [0.3, 0.4) is 0 Å². The normalized spacial score (nSPS) is 10.3. The zero-order chi connectivity index (χ0) is 15.1. The molecule has 5 nitrogen and oxygen atoms in total. The molecule has 1 aromatic heterocycles. The summed E-state index contributed by atoms with van der Waals surface area (Å²) in [6, 6.07) is 11.6. The first kappa shape index (κ1) is 15.0. The fraction of sp³-hybridized carbons (Fsp3) is 0.312. The highest BCUT2D eigenvalue weighted by Crippen LogP contribution is 2.01. The van der Waals surface area contributed by atoms with E-state index >= 15 is 0 Å². The zero-order valence-corrected chi connectivity index (χ0v) is 12.1. The predicted octanol–water partition coefficient (Wildman–Crippen LogP) is 1.30. The van der Waals surface area contributed by atoms with Crippen LogP contribution in [0.1, 0.15) is 17.7 Å². The van der Waals surface area contributed by atoms with E-state index in [0.29, 0.717) is 12.2 Å². The molecule has 0 radical (unpaired) electrons. The number of rotatable bonds is 6. The maximum absolute atomic E-state index is 11.8.